The van der Waals surface area contributed by atoms with Crippen molar-refractivity contribution >= 4 is 23.4 Å². The van der Waals surface area contributed by atoms with E-state index >= 15 is 0 Å². The first-order valence-electron chi connectivity index (χ1n) is 9.62. The molecule has 2 aromatic rings. The van der Waals surface area contributed by atoms with Crippen LogP contribution in [0.4, 0.5) is 5.69 Å². The first-order valence-corrected chi connectivity index (χ1v) is 10.5. The summed E-state index contributed by atoms with van der Waals surface area (Å²) in [5.41, 5.74) is 1.16. The number of benzene rings is 2. The summed E-state index contributed by atoms with van der Waals surface area (Å²) in [7, 11) is 4.90. The summed E-state index contributed by atoms with van der Waals surface area (Å²) in [4.78, 5) is 18.2. The molecule has 7 heteroatoms. The van der Waals surface area contributed by atoms with E-state index in [1.165, 1.54) is 0 Å². The average Bonchev–Trinajstić information content (AvgIpc) is 2.78. The van der Waals surface area contributed by atoms with Gasteiger partial charge in [-0.25, -0.2) is 0 Å². The number of nitrogens with zero attached hydrogens (tertiary/aromatic N) is 2. The minimum absolute atomic E-state index is 0.166. The van der Waals surface area contributed by atoms with Crippen LogP contribution in [0.15, 0.2) is 47.4 Å². The van der Waals surface area contributed by atoms with Gasteiger partial charge in [-0.2, -0.15) is 0 Å². The van der Waals surface area contributed by atoms with E-state index in [-0.39, 0.29) is 11.2 Å². The van der Waals surface area contributed by atoms with Gasteiger partial charge in [-0.05, 0) is 49.4 Å². The molecule has 1 heterocycles. The van der Waals surface area contributed by atoms with Crippen molar-refractivity contribution in [1.82, 2.24) is 4.90 Å². The second-order valence-corrected chi connectivity index (χ2v) is 8.20. The summed E-state index contributed by atoms with van der Waals surface area (Å²) in [5.74, 6) is 2.37. The average molecular weight is 417 g/mol. The summed E-state index contributed by atoms with van der Waals surface area (Å²) in [6.45, 7) is 5.06. The minimum atomic E-state index is -0.166. The van der Waals surface area contributed by atoms with Crippen LogP contribution >= 0.6 is 11.8 Å². The van der Waals surface area contributed by atoms with Crippen molar-refractivity contribution in [3.05, 3.63) is 42.5 Å². The second-order valence-electron chi connectivity index (χ2n) is 6.79. The summed E-state index contributed by atoms with van der Waals surface area (Å²) in [6.07, 6.45) is 0. The van der Waals surface area contributed by atoms with Crippen LogP contribution in [0.25, 0.3) is 0 Å². The van der Waals surface area contributed by atoms with Gasteiger partial charge in [0.1, 0.15) is 5.75 Å². The van der Waals surface area contributed by atoms with Gasteiger partial charge in [0.15, 0.2) is 11.5 Å². The Morgan fingerprint density at radius 1 is 0.897 bits per heavy atom. The van der Waals surface area contributed by atoms with Crippen LogP contribution in [0.5, 0.6) is 17.2 Å². The Balaban J connectivity index is 1.55. The van der Waals surface area contributed by atoms with Crippen molar-refractivity contribution in [2.45, 2.75) is 17.1 Å². The predicted octanol–water partition coefficient (Wildman–Crippen LogP) is 3.54. The first-order chi connectivity index (χ1) is 14.0. The molecular formula is C22H28N2O4S. The molecule has 0 bridgehead atoms. The lowest BCUT2D eigenvalue weighted by Gasteiger charge is -2.37. The molecule has 0 unspecified atom stereocenters. The highest BCUT2D eigenvalue weighted by Crippen LogP contribution is 2.34. The number of piperazine rings is 1. The Hall–Kier alpha value is -2.54. The van der Waals surface area contributed by atoms with E-state index in [1.54, 1.807) is 33.1 Å². The highest BCUT2D eigenvalue weighted by molar-refractivity contribution is 8.00. The maximum atomic E-state index is 12.9. The number of carbonyl (C=O) groups excluding carboxylic acids is 1. The number of methoxy groups -OCH3 is 3. The van der Waals surface area contributed by atoms with Gasteiger partial charge in [-0.15, -0.1) is 11.8 Å². The number of thioether (sulfide) groups is 1. The van der Waals surface area contributed by atoms with Gasteiger partial charge < -0.3 is 24.0 Å². The lowest BCUT2D eigenvalue weighted by Crippen LogP contribution is -2.50. The van der Waals surface area contributed by atoms with E-state index in [4.69, 9.17) is 14.2 Å². The van der Waals surface area contributed by atoms with Crippen LogP contribution in [0, 0.1) is 0 Å². The van der Waals surface area contributed by atoms with Gasteiger partial charge in [0, 0.05) is 36.8 Å². The monoisotopic (exact) mass is 416 g/mol. The maximum absolute atomic E-state index is 12.9. The molecule has 0 aromatic heterocycles. The largest absolute Gasteiger partial charge is 0.497 e. The van der Waals surface area contributed by atoms with Gasteiger partial charge >= 0.3 is 0 Å². The van der Waals surface area contributed by atoms with E-state index in [0.717, 1.165) is 42.5 Å². The predicted molar refractivity (Wildman–Crippen MR) is 117 cm³/mol. The van der Waals surface area contributed by atoms with Crippen LogP contribution in [0.1, 0.15) is 6.92 Å². The third-order valence-corrected chi connectivity index (χ3v) is 6.13. The number of hydrogen-bond donors (Lipinski definition) is 0. The molecule has 3 rings (SSSR count). The second kappa shape index (κ2) is 9.78. The number of amides is 1. The third-order valence-electron chi connectivity index (χ3n) is 5.04. The highest BCUT2D eigenvalue weighted by atomic mass is 32.2. The normalized spacial score (nSPS) is 15.0. The molecular weight excluding hydrogens is 388 g/mol. The zero-order valence-corrected chi connectivity index (χ0v) is 18.2. The Morgan fingerprint density at radius 3 is 2.14 bits per heavy atom. The third kappa shape index (κ3) is 5.09. The molecule has 0 radical (unpaired) electrons. The SMILES string of the molecule is COc1ccc(N2CCN(C(=O)[C@H](C)Sc3ccc(OC)c(OC)c3)CC2)cc1. The van der Waals surface area contributed by atoms with Crippen LogP contribution in [-0.4, -0.2) is 63.6 Å². The molecule has 29 heavy (non-hydrogen) atoms. The molecule has 0 spiro atoms. The van der Waals surface area contributed by atoms with E-state index in [9.17, 15) is 4.79 Å². The van der Waals surface area contributed by atoms with Gasteiger partial charge in [0.2, 0.25) is 5.91 Å². The molecule has 1 fully saturated rings. The number of carbonyl (C=O) groups is 1. The van der Waals surface area contributed by atoms with Gasteiger partial charge in [-0.1, -0.05) is 0 Å². The van der Waals surface area contributed by atoms with E-state index in [1.807, 2.05) is 42.2 Å². The molecule has 0 saturated carbocycles. The Morgan fingerprint density at radius 2 is 1.55 bits per heavy atom. The molecule has 0 N–H and O–H groups in total. The van der Waals surface area contributed by atoms with Crippen LogP contribution < -0.4 is 19.1 Å². The summed E-state index contributed by atoms with van der Waals surface area (Å²) in [6, 6.07) is 13.8. The fraction of sp³-hybridized carbons (Fsp3) is 0.409. The van der Waals surface area contributed by atoms with Crippen molar-refractivity contribution in [1.29, 1.82) is 0 Å². The summed E-state index contributed by atoms with van der Waals surface area (Å²) in [5, 5.41) is -0.166. The number of ether oxygens (including phenoxy) is 3. The Kier molecular flexibility index (Phi) is 7.14. The lowest BCUT2D eigenvalue weighted by molar-refractivity contribution is -0.130. The Bertz CT molecular complexity index is 820. The van der Waals surface area contributed by atoms with E-state index < -0.39 is 0 Å². The molecule has 156 valence electrons. The van der Waals surface area contributed by atoms with Crippen molar-refractivity contribution in [2.24, 2.45) is 0 Å². The smallest absolute Gasteiger partial charge is 0.235 e. The van der Waals surface area contributed by atoms with Gasteiger partial charge in [-0.3, -0.25) is 4.79 Å². The number of anilines is 1. The fourth-order valence-electron chi connectivity index (χ4n) is 3.38. The van der Waals surface area contributed by atoms with Crippen molar-refractivity contribution in [3.8, 4) is 17.2 Å². The molecule has 0 aliphatic carbocycles. The molecule has 1 amide bonds. The topological polar surface area (TPSA) is 51.2 Å². The van der Waals surface area contributed by atoms with Crippen molar-refractivity contribution < 1.29 is 19.0 Å². The zero-order valence-electron chi connectivity index (χ0n) is 17.4. The summed E-state index contributed by atoms with van der Waals surface area (Å²) < 4.78 is 15.9. The van der Waals surface area contributed by atoms with Crippen LogP contribution in [0.3, 0.4) is 0 Å². The Labute approximate surface area is 176 Å². The fourth-order valence-corrected chi connectivity index (χ4v) is 4.36. The van der Waals surface area contributed by atoms with Gasteiger partial charge in [0.05, 0.1) is 26.6 Å². The van der Waals surface area contributed by atoms with Crippen molar-refractivity contribution in [2.75, 3.05) is 52.4 Å². The van der Waals surface area contributed by atoms with E-state index in [2.05, 4.69) is 17.0 Å². The van der Waals surface area contributed by atoms with Crippen LogP contribution in [-0.2, 0) is 4.79 Å². The van der Waals surface area contributed by atoms with Crippen molar-refractivity contribution in [3.63, 3.8) is 0 Å². The number of hydrogen-bond acceptors (Lipinski definition) is 6. The summed E-state index contributed by atoms with van der Waals surface area (Å²) >= 11 is 1.54. The molecule has 1 aliphatic rings. The molecule has 1 saturated heterocycles. The van der Waals surface area contributed by atoms with Gasteiger partial charge in [0.25, 0.3) is 0 Å². The zero-order chi connectivity index (χ0) is 20.8. The van der Waals surface area contributed by atoms with Crippen LogP contribution in [0.2, 0.25) is 0 Å². The highest BCUT2D eigenvalue weighted by Gasteiger charge is 2.26. The molecule has 1 aliphatic heterocycles. The molecule has 1 atom stereocenters. The minimum Gasteiger partial charge on any atom is -0.497 e. The molecule has 2 aromatic carbocycles. The maximum Gasteiger partial charge on any atom is 0.235 e. The van der Waals surface area contributed by atoms with E-state index in [0.29, 0.717) is 11.5 Å². The number of rotatable bonds is 7. The standard InChI is InChI=1S/C22H28N2O4S/c1-16(29-19-9-10-20(27-3)21(15-19)28-4)22(25)24-13-11-23(12-14-24)17-5-7-18(26-2)8-6-17/h5-10,15-16H,11-14H2,1-4H3/t16-/m0/s1. The quantitative estimate of drug-likeness (QED) is 0.644. The lowest BCUT2D eigenvalue weighted by atomic mass is 10.2. The first kappa shape index (κ1) is 21.2. The molecule has 6 nitrogen and oxygen atoms in total.